The van der Waals surface area contributed by atoms with E-state index in [0.29, 0.717) is 6.54 Å². The molecule has 1 aromatic carbocycles. The lowest BCUT2D eigenvalue weighted by atomic mass is 10.1. The number of rotatable bonds is 3. The molecule has 0 saturated heterocycles. The Kier molecular flexibility index (Phi) is 2.83. The van der Waals surface area contributed by atoms with E-state index in [1.165, 1.54) is 11.1 Å². The summed E-state index contributed by atoms with van der Waals surface area (Å²) in [6, 6.07) is 10.4. The standard InChI is InChI=1S/C12H15N3/c1-10-2-4-11(5-3-10)12-6-8-14-15(12)9-7-13/h2-6,8H,7,9,13H2,1H3. The van der Waals surface area contributed by atoms with Gasteiger partial charge in [-0.1, -0.05) is 29.8 Å². The Morgan fingerprint density at radius 1 is 1.20 bits per heavy atom. The molecule has 0 unspecified atom stereocenters. The first-order valence-corrected chi connectivity index (χ1v) is 5.10. The molecule has 15 heavy (non-hydrogen) atoms. The third-order valence-electron chi connectivity index (χ3n) is 2.40. The van der Waals surface area contributed by atoms with E-state index in [0.717, 1.165) is 12.2 Å². The molecule has 2 rings (SSSR count). The van der Waals surface area contributed by atoms with Crippen LogP contribution in [0.3, 0.4) is 0 Å². The van der Waals surface area contributed by atoms with Gasteiger partial charge in [0.15, 0.2) is 0 Å². The van der Waals surface area contributed by atoms with Crippen LogP contribution in [0.25, 0.3) is 11.3 Å². The van der Waals surface area contributed by atoms with E-state index < -0.39 is 0 Å². The second kappa shape index (κ2) is 4.28. The molecule has 1 aromatic heterocycles. The average molecular weight is 201 g/mol. The molecule has 0 saturated carbocycles. The van der Waals surface area contributed by atoms with Crippen LogP contribution in [0.1, 0.15) is 5.56 Å². The number of aryl methyl sites for hydroxylation is 1. The number of nitrogens with two attached hydrogens (primary N) is 1. The maximum Gasteiger partial charge on any atom is 0.0682 e. The Morgan fingerprint density at radius 2 is 1.93 bits per heavy atom. The van der Waals surface area contributed by atoms with Gasteiger partial charge in [-0.3, -0.25) is 4.68 Å². The minimum atomic E-state index is 0.612. The Bertz CT molecular complexity index is 428. The highest BCUT2D eigenvalue weighted by Gasteiger charge is 2.03. The summed E-state index contributed by atoms with van der Waals surface area (Å²) >= 11 is 0. The number of nitrogens with zero attached hydrogens (tertiary/aromatic N) is 2. The van der Waals surface area contributed by atoms with Crippen molar-refractivity contribution in [3.05, 3.63) is 42.1 Å². The van der Waals surface area contributed by atoms with E-state index in [1.807, 2.05) is 16.9 Å². The smallest absolute Gasteiger partial charge is 0.0682 e. The van der Waals surface area contributed by atoms with E-state index in [9.17, 15) is 0 Å². The monoisotopic (exact) mass is 201 g/mol. The molecule has 0 spiro atoms. The molecule has 3 nitrogen and oxygen atoms in total. The van der Waals surface area contributed by atoms with Gasteiger partial charge in [-0.2, -0.15) is 5.10 Å². The molecular formula is C12H15N3. The van der Waals surface area contributed by atoms with Crippen molar-refractivity contribution in [2.75, 3.05) is 6.54 Å². The topological polar surface area (TPSA) is 43.8 Å². The van der Waals surface area contributed by atoms with Crippen LogP contribution in [0.5, 0.6) is 0 Å². The largest absolute Gasteiger partial charge is 0.329 e. The Morgan fingerprint density at radius 3 is 2.60 bits per heavy atom. The van der Waals surface area contributed by atoms with Gasteiger partial charge in [0.05, 0.1) is 12.2 Å². The zero-order valence-electron chi connectivity index (χ0n) is 8.85. The van der Waals surface area contributed by atoms with Crippen molar-refractivity contribution in [2.45, 2.75) is 13.5 Å². The van der Waals surface area contributed by atoms with Gasteiger partial charge in [0.2, 0.25) is 0 Å². The second-order valence-electron chi connectivity index (χ2n) is 3.59. The minimum absolute atomic E-state index is 0.612. The van der Waals surface area contributed by atoms with Gasteiger partial charge in [0, 0.05) is 12.7 Å². The summed E-state index contributed by atoms with van der Waals surface area (Å²) in [5, 5.41) is 4.24. The van der Waals surface area contributed by atoms with E-state index in [2.05, 4.69) is 36.3 Å². The zero-order valence-corrected chi connectivity index (χ0v) is 8.85. The van der Waals surface area contributed by atoms with Crippen LogP contribution in [0, 0.1) is 6.92 Å². The van der Waals surface area contributed by atoms with Gasteiger partial charge in [-0.15, -0.1) is 0 Å². The fourth-order valence-corrected chi connectivity index (χ4v) is 1.60. The van der Waals surface area contributed by atoms with E-state index >= 15 is 0 Å². The summed E-state index contributed by atoms with van der Waals surface area (Å²) in [7, 11) is 0. The van der Waals surface area contributed by atoms with Crippen molar-refractivity contribution >= 4 is 0 Å². The predicted molar refractivity (Wildman–Crippen MR) is 61.5 cm³/mol. The molecule has 0 fully saturated rings. The first-order valence-electron chi connectivity index (χ1n) is 5.10. The number of hydrogen-bond acceptors (Lipinski definition) is 2. The molecule has 0 aliphatic heterocycles. The molecule has 1 heterocycles. The summed E-state index contributed by atoms with van der Waals surface area (Å²) < 4.78 is 1.94. The predicted octanol–water partition coefficient (Wildman–Crippen LogP) is 1.82. The molecular weight excluding hydrogens is 186 g/mol. The highest BCUT2D eigenvalue weighted by molar-refractivity contribution is 5.59. The zero-order chi connectivity index (χ0) is 10.7. The minimum Gasteiger partial charge on any atom is -0.329 e. The molecule has 2 aromatic rings. The highest BCUT2D eigenvalue weighted by atomic mass is 15.3. The van der Waals surface area contributed by atoms with Crippen LogP contribution in [0.2, 0.25) is 0 Å². The van der Waals surface area contributed by atoms with Crippen molar-refractivity contribution in [1.82, 2.24) is 9.78 Å². The van der Waals surface area contributed by atoms with Crippen LogP contribution < -0.4 is 5.73 Å². The third kappa shape index (κ3) is 2.07. The lowest BCUT2D eigenvalue weighted by Gasteiger charge is -2.06. The van der Waals surface area contributed by atoms with Crippen molar-refractivity contribution in [3.63, 3.8) is 0 Å². The number of benzene rings is 1. The van der Waals surface area contributed by atoms with Gasteiger partial charge in [-0.25, -0.2) is 0 Å². The van der Waals surface area contributed by atoms with Gasteiger partial charge < -0.3 is 5.73 Å². The first-order chi connectivity index (χ1) is 7.31. The van der Waals surface area contributed by atoms with Crippen molar-refractivity contribution in [1.29, 1.82) is 0 Å². The number of aromatic nitrogens is 2. The van der Waals surface area contributed by atoms with E-state index in [4.69, 9.17) is 5.73 Å². The summed E-state index contributed by atoms with van der Waals surface area (Å²) in [5.74, 6) is 0. The Balaban J connectivity index is 2.36. The molecule has 0 bridgehead atoms. The average Bonchev–Trinajstić information content (AvgIpc) is 2.68. The lowest BCUT2D eigenvalue weighted by molar-refractivity contribution is 0.631. The molecule has 0 amide bonds. The first kappa shape index (κ1) is 9.93. The summed E-state index contributed by atoms with van der Waals surface area (Å²) in [6.07, 6.45) is 1.81. The molecule has 3 heteroatoms. The fraction of sp³-hybridized carbons (Fsp3) is 0.250. The SMILES string of the molecule is Cc1ccc(-c2ccnn2CCN)cc1. The lowest BCUT2D eigenvalue weighted by Crippen LogP contribution is -2.11. The number of hydrogen-bond donors (Lipinski definition) is 1. The Labute approximate surface area is 89.5 Å². The maximum atomic E-state index is 5.53. The highest BCUT2D eigenvalue weighted by Crippen LogP contribution is 2.18. The van der Waals surface area contributed by atoms with Crippen molar-refractivity contribution < 1.29 is 0 Å². The van der Waals surface area contributed by atoms with Crippen LogP contribution in [0.15, 0.2) is 36.5 Å². The van der Waals surface area contributed by atoms with Crippen LogP contribution in [-0.4, -0.2) is 16.3 Å². The molecule has 0 aliphatic carbocycles. The quantitative estimate of drug-likeness (QED) is 0.823. The van der Waals surface area contributed by atoms with Gasteiger partial charge in [-0.05, 0) is 18.6 Å². The summed E-state index contributed by atoms with van der Waals surface area (Å²) in [6.45, 7) is 3.46. The summed E-state index contributed by atoms with van der Waals surface area (Å²) in [4.78, 5) is 0. The van der Waals surface area contributed by atoms with Crippen LogP contribution in [0.4, 0.5) is 0 Å². The fourth-order valence-electron chi connectivity index (χ4n) is 1.60. The third-order valence-corrected chi connectivity index (χ3v) is 2.40. The molecule has 0 aliphatic rings. The normalized spacial score (nSPS) is 10.5. The molecule has 0 atom stereocenters. The van der Waals surface area contributed by atoms with Crippen molar-refractivity contribution in [3.8, 4) is 11.3 Å². The van der Waals surface area contributed by atoms with Crippen LogP contribution >= 0.6 is 0 Å². The molecule has 0 radical (unpaired) electrons. The maximum absolute atomic E-state index is 5.53. The Hall–Kier alpha value is -1.61. The van der Waals surface area contributed by atoms with Gasteiger partial charge in [0.1, 0.15) is 0 Å². The molecule has 2 N–H and O–H groups in total. The second-order valence-corrected chi connectivity index (χ2v) is 3.59. The van der Waals surface area contributed by atoms with Crippen LogP contribution in [-0.2, 0) is 6.54 Å². The van der Waals surface area contributed by atoms with E-state index in [1.54, 1.807) is 0 Å². The van der Waals surface area contributed by atoms with E-state index in [-0.39, 0.29) is 0 Å². The summed E-state index contributed by atoms with van der Waals surface area (Å²) in [5.41, 5.74) is 9.11. The van der Waals surface area contributed by atoms with Gasteiger partial charge in [0.25, 0.3) is 0 Å². The van der Waals surface area contributed by atoms with Gasteiger partial charge >= 0.3 is 0 Å². The van der Waals surface area contributed by atoms with Crippen molar-refractivity contribution in [2.24, 2.45) is 5.73 Å². The molecule has 78 valence electrons.